The van der Waals surface area contributed by atoms with Gasteiger partial charge >= 0.3 is 0 Å². The lowest BCUT2D eigenvalue weighted by Gasteiger charge is -2.37. The number of nitrogens with one attached hydrogen (secondary N) is 1. The molecule has 8 nitrogen and oxygen atoms in total. The lowest BCUT2D eigenvalue weighted by Crippen LogP contribution is -2.54. The van der Waals surface area contributed by atoms with E-state index < -0.39 is 0 Å². The molecule has 2 rings (SSSR count). The summed E-state index contributed by atoms with van der Waals surface area (Å²) in [6.45, 7) is 4.26. The third-order valence-electron chi connectivity index (χ3n) is 3.72. The van der Waals surface area contributed by atoms with Crippen LogP contribution in [-0.2, 0) is 0 Å². The third kappa shape index (κ3) is 3.40. The first kappa shape index (κ1) is 15.0. The standard InChI is InChI=1S/C13H19N5O3/c1-9(12(14)16-21)17-4-6-18(7-5-17)13(20)10-2-3-11(19)15-8-10/h2-3,8-9,21H,4-7H2,1H3,(H2,14,16)(H,15,19). The fourth-order valence-corrected chi connectivity index (χ4v) is 2.31. The second kappa shape index (κ2) is 6.40. The highest BCUT2D eigenvalue weighted by Gasteiger charge is 2.26. The molecule has 1 aromatic heterocycles. The maximum atomic E-state index is 12.3. The highest BCUT2D eigenvalue weighted by Crippen LogP contribution is 2.10. The van der Waals surface area contributed by atoms with E-state index in [1.54, 1.807) is 4.90 Å². The summed E-state index contributed by atoms with van der Waals surface area (Å²) in [4.78, 5) is 29.5. The highest BCUT2D eigenvalue weighted by atomic mass is 16.4. The van der Waals surface area contributed by atoms with Gasteiger partial charge in [-0.15, -0.1) is 0 Å². The third-order valence-corrected chi connectivity index (χ3v) is 3.72. The number of nitrogens with two attached hydrogens (primary N) is 1. The van der Waals surface area contributed by atoms with Crippen LogP contribution in [0, 0.1) is 0 Å². The van der Waals surface area contributed by atoms with Gasteiger partial charge in [0.1, 0.15) is 0 Å². The van der Waals surface area contributed by atoms with Crippen molar-refractivity contribution in [3.63, 3.8) is 0 Å². The Bertz CT molecular complexity index is 569. The van der Waals surface area contributed by atoms with Crippen LogP contribution in [0.1, 0.15) is 17.3 Å². The molecule has 1 aliphatic rings. The summed E-state index contributed by atoms with van der Waals surface area (Å²) < 4.78 is 0. The van der Waals surface area contributed by atoms with E-state index in [0.717, 1.165) is 0 Å². The number of aromatic nitrogens is 1. The number of amides is 1. The molecule has 0 aliphatic carbocycles. The van der Waals surface area contributed by atoms with Crippen molar-refractivity contribution in [1.29, 1.82) is 0 Å². The van der Waals surface area contributed by atoms with Gasteiger partial charge in [0, 0.05) is 38.4 Å². The Labute approximate surface area is 121 Å². The number of piperazine rings is 1. The molecule has 1 aromatic rings. The molecule has 1 atom stereocenters. The van der Waals surface area contributed by atoms with E-state index in [0.29, 0.717) is 31.7 Å². The molecule has 1 unspecified atom stereocenters. The summed E-state index contributed by atoms with van der Waals surface area (Å²) >= 11 is 0. The Hall–Kier alpha value is -2.35. The maximum absolute atomic E-state index is 12.3. The zero-order chi connectivity index (χ0) is 15.4. The summed E-state index contributed by atoms with van der Waals surface area (Å²) in [6.07, 6.45) is 1.43. The first-order valence-electron chi connectivity index (χ1n) is 6.72. The van der Waals surface area contributed by atoms with Gasteiger partial charge in [-0.05, 0) is 13.0 Å². The number of hydrogen-bond donors (Lipinski definition) is 3. The first-order chi connectivity index (χ1) is 10.0. The average Bonchev–Trinajstić information content (AvgIpc) is 2.53. The molecule has 1 fully saturated rings. The molecule has 2 heterocycles. The van der Waals surface area contributed by atoms with Crippen LogP contribution in [0.25, 0.3) is 0 Å². The number of amidine groups is 1. The molecular formula is C13H19N5O3. The molecule has 21 heavy (non-hydrogen) atoms. The average molecular weight is 293 g/mol. The van der Waals surface area contributed by atoms with Crippen LogP contribution in [0.4, 0.5) is 0 Å². The van der Waals surface area contributed by atoms with Gasteiger partial charge in [0.15, 0.2) is 5.84 Å². The van der Waals surface area contributed by atoms with Crippen molar-refractivity contribution >= 4 is 11.7 Å². The van der Waals surface area contributed by atoms with Crippen molar-refractivity contribution in [2.24, 2.45) is 10.9 Å². The molecule has 0 spiro atoms. The smallest absolute Gasteiger partial charge is 0.255 e. The molecule has 0 radical (unpaired) electrons. The molecule has 4 N–H and O–H groups in total. The van der Waals surface area contributed by atoms with Gasteiger partial charge in [-0.1, -0.05) is 5.16 Å². The first-order valence-corrected chi connectivity index (χ1v) is 6.72. The van der Waals surface area contributed by atoms with Crippen molar-refractivity contribution in [1.82, 2.24) is 14.8 Å². The summed E-state index contributed by atoms with van der Waals surface area (Å²) in [5.74, 6) is 0.0535. The summed E-state index contributed by atoms with van der Waals surface area (Å²) in [5, 5.41) is 11.7. The second-order valence-corrected chi connectivity index (χ2v) is 4.97. The zero-order valence-electron chi connectivity index (χ0n) is 11.8. The molecule has 1 aliphatic heterocycles. The quantitative estimate of drug-likeness (QED) is 0.294. The largest absolute Gasteiger partial charge is 0.409 e. The Morgan fingerprint density at radius 2 is 2.05 bits per heavy atom. The molecule has 0 bridgehead atoms. The Balaban J connectivity index is 1.96. The van der Waals surface area contributed by atoms with Gasteiger partial charge < -0.3 is 20.8 Å². The van der Waals surface area contributed by atoms with Crippen molar-refractivity contribution in [3.05, 3.63) is 34.2 Å². The summed E-state index contributed by atoms with van der Waals surface area (Å²) in [5.41, 5.74) is 5.82. The van der Waals surface area contributed by atoms with Gasteiger partial charge in [-0.3, -0.25) is 14.5 Å². The number of nitrogens with zero attached hydrogens (tertiary/aromatic N) is 3. The Kier molecular flexibility index (Phi) is 4.59. The summed E-state index contributed by atoms with van der Waals surface area (Å²) in [6, 6.07) is 2.69. The summed E-state index contributed by atoms with van der Waals surface area (Å²) in [7, 11) is 0. The van der Waals surface area contributed by atoms with Gasteiger partial charge in [-0.2, -0.15) is 0 Å². The molecule has 8 heteroatoms. The molecule has 0 saturated carbocycles. The molecule has 0 aromatic carbocycles. The number of rotatable bonds is 3. The number of hydrogen-bond acceptors (Lipinski definition) is 5. The fourth-order valence-electron chi connectivity index (χ4n) is 2.31. The van der Waals surface area contributed by atoms with Crippen LogP contribution in [-0.4, -0.2) is 64.0 Å². The van der Waals surface area contributed by atoms with E-state index in [4.69, 9.17) is 10.9 Å². The normalized spacial score (nSPS) is 18.5. The lowest BCUT2D eigenvalue weighted by atomic mass is 10.2. The van der Waals surface area contributed by atoms with E-state index in [9.17, 15) is 9.59 Å². The van der Waals surface area contributed by atoms with Gasteiger partial charge in [-0.25, -0.2) is 0 Å². The Morgan fingerprint density at radius 1 is 1.38 bits per heavy atom. The van der Waals surface area contributed by atoms with Crippen LogP contribution < -0.4 is 11.3 Å². The van der Waals surface area contributed by atoms with E-state index in [2.05, 4.69) is 10.1 Å². The SMILES string of the molecule is CC(/C(N)=N/O)N1CCN(C(=O)c2ccc(=O)[nH]c2)CC1. The van der Waals surface area contributed by atoms with E-state index >= 15 is 0 Å². The monoisotopic (exact) mass is 293 g/mol. The van der Waals surface area contributed by atoms with Crippen molar-refractivity contribution < 1.29 is 10.0 Å². The van der Waals surface area contributed by atoms with Crippen molar-refractivity contribution in [2.75, 3.05) is 26.2 Å². The minimum Gasteiger partial charge on any atom is -0.409 e. The number of carbonyl (C=O) groups excluding carboxylic acids is 1. The number of pyridine rings is 1. The molecule has 1 amide bonds. The predicted octanol–water partition coefficient (Wildman–Crippen LogP) is -0.732. The van der Waals surface area contributed by atoms with Crippen LogP contribution in [0.3, 0.4) is 0 Å². The molecular weight excluding hydrogens is 274 g/mol. The topological polar surface area (TPSA) is 115 Å². The number of carbonyl (C=O) groups is 1. The minimum atomic E-state index is -0.232. The lowest BCUT2D eigenvalue weighted by molar-refractivity contribution is 0.0618. The van der Waals surface area contributed by atoms with Crippen molar-refractivity contribution in [3.8, 4) is 0 Å². The van der Waals surface area contributed by atoms with Crippen LogP contribution in [0.5, 0.6) is 0 Å². The van der Waals surface area contributed by atoms with Crippen molar-refractivity contribution in [2.45, 2.75) is 13.0 Å². The maximum Gasteiger partial charge on any atom is 0.255 e. The van der Waals surface area contributed by atoms with Gasteiger partial charge in [0.25, 0.3) is 5.91 Å². The minimum absolute atomic E-state index is 0.109. The van der Waals surface area contributed by atoms with Crippen LogP contribution in [0.2, 0.25) is 0 Å². The predicted molar refractivity (Wildman–Crippen MR) is 77.4 cm³/mol. The Morgan fingerprint density at radius 3 is 2.57 bits per heavy atom. The fraction of sp³-hybridized carbons (Fsp3) is 0.462. The van der Waals surface area contributed by atoms with Gasteiger partial charge in [0.2, 0.25) is 5.56 Å². The van der Waals surface area contributed by atoms with Crippen LogP contribution >= 0.6 is 0 Å². The van der Waals surface area contributed by atoms with E-state index in [1.807, 2.05) is 11.8 Å². The number of aromatic amines is 1. The van der Waals surface area contributed by atoms with E-state index in [-0.39, 0.29) is 23.3 Å². The second-order valence-electron chi connectivity index (χ2n) is 4.97. The zero-order valence-corrected chi connectivity index (χ0v) is 11.8. The van der Waals surface area contributed by atoms with E-state index in [1.165, 1.54) is 18.3 Å². The number of oxime groups is 1. The molecule has 1 saturated heterocycles. The van der Waals surface area contributed by atoms with Gasteiger partial charge in [0.05, 0.1) is 11.6 Å². The molecule has 114 valence electrons. The van der Waals surface area contributed by atoms with Crippen LogP contribution in [0.15, 0.2) is 28.3 Å². The highest BCUT2D eigenvalue weighted by molar-refractivity contribution is 5.94. The number of H-pyrrole nitrogens is 1.